The maximum atomic E-state index is 12.3. The van der Waals surface area contributed by atoms with E-state index in [0.717, 1.165) is 25.5 Å². The van der Waals surface area contributed by atoms with Gasteiger partial charge in [0.25, 0.3) is 0 Å². The number of nitrogens with zero attached hydrogens (tertiary/aromatic N) is 5. The number of aromatic amines is 1. The molecule has 0 spiro atoms. The molecule has 118 valence electrons. The van der Waals surface area contributed by atoms with Gasteiger partial charge < -0.3 is 19.8 Å². The summed E-state index contributed by atoms with van der Waals surface area (Å²) < 4.78 is 1.94. The first-order valence-electron chi connectivity index (χ1n) is 7.42. The molecule has 2 N–H and O–H groups in total. The van der Waals surface area contributed by atoms with Crippen LogP contribution in [-0.4, -0.2) is 68.6 Å². The van der Waals surface area contributed by atoms with Crippen molar-refractivity contribution in [2.45, 2.75) is 12.6 Å². The highest BCUT2D eigenvalue weighted by atomic mass is 16.2. The topological polar surface area (TPSA) is 82.1 Å². The highest BCUT2D eigenvalue weighted by Crippen LogP contribution is 2.20. The van der Waals surface area contributed by atoms with Crippen LogP contribution in [0.4, 0.5) is 4.79 Å². The number of aromatic nitrogens is 4. The lowest BCUT2D eigenvalue weighted by Gasteiger charge is -2.38. The Morgan fingerprint density at radius 1 is 1.45 bits per heavy atom. The second kappa shape index (κ2) is 6.61. The molecule has 1 aliphatic rings. The van der Waals surface area contributed by atoms with Crippen LogP contribution in [0.5, 0.6) is 0 Å². The van der Waals surface area contributed by atoms with Crippen LogP contribution in [0.15, 0.2) is 31.1 Å². The van der Waals surface area contributed by atoms with Gasteiger partial charge in [0.15, 0.2) is 0 Å². The molecule has 2 aromatic heterocycles. The number of piperazine rings is 1. The minimum atomic E-state index is -0.0234. The van der Waals surface area contributed by atoms with Crippen molar-refractivity contribution in [3.05, 3.63) is 36.9 Å². The number of urea groups is 1. The number of carbonyl (C=O) groups is 1. The van der Waals surface area contributed by atoms with Gasteiger partial charge in [0.2, 0.25) is 0 Å². The van der Waals surface area contributed by atoms with Crippen LogP contribution in [0, 0.1) is 0 Å². The summed E-state index contributed by atoms with van der Waals surface area (Å²) in [5.74, 6) is 0.901. The van der Waals surface area contributed by atoms with E-state index < -0.39 is 0 Å². The Balaban J connectivity index is 1.52. The monoisotopic (exact) mass is 303 g/mol. The molecule has 0 radical (unpaired) electrons. The normalized spacial score (nSPS) is 19.3. The van der Waals surface area contributed by atoms with E-state index in [9.17, 15) is 4.79 Å². The van der Waals surface area contributed by atoms with E-state index >= 15 is 0 Å². The van der Waals surface area contributed by atoms with Crippen molar-refractivity contribution >= 4 is 6.03 Å². The molecule has 0 aromatic carbocycles. The van der Waals surface area contributed by atoms with Crippen LogP contribution in [-0.2, 0) is 6.54 Å². The van der Waals surface area contributed by atoms with Gasteiger partial charge in [-0.1, -0.05) is 0 Å². The van der Waals surface area contributed by atoms with Gasteiger partial charge in [0.1, 0.15) is 5.82 Å². The van der Waals surface area contributed by atoms with E-state index in [4.69, 9.17) is 0 Å². The van der Waals surface area contributed by atoms with Crippen molar-refractivity contribution in [1.29, 1.82) is 0 Å². The molecule has 3 rings (SSSR count). The van der Waals surface area contributed by atoms with Gasteiger partial charge in [-0.25, -0.2) is 14.8 Å². The number of amides is 2. The van der Waals surface area contributed by atoms with Crippen LogP contribution in [0.25, 0.3) is 0 Å². The molecule has 3 heterocycles. The molecule has 0 aliphatic carbocycles. The summed E-state index contributed by atoms with van der Waals surface area (Å²) in [4.78, 5) is 27.8. The maximum absolute atomic E-state index is 12.3. The second-order valence-corrected chi connectivity index (χ2v) is 5.45. The Morgan fingerprint density at radius 2 is 2.36 bits per heavy atom. The summed E-state index contributed by atoms with van der Waals surface area (Å²) in [6.45, 7) is 3.51. The molecule has 2 amide bonds. The summed E-state index contributed by atoms with van der Waals surface area (Å²) in [6, 6.07) is 0.0907. The molecule has 2 aromatic rings. The summed E-state index contributed by atoms with van der Waals surface area (Å²) >= 11 is 0. The first-order valence-corrected chi connectivity index (χ1v) is 7.42. The standard InChI is InChI=1S/C14H21N7O/c1-19-8-9-21(10-12(19)13-16-2-3-17-13)14(22)18-5-7-20-6-4-15-11-20/h2-4,6,11-12H,5,7-10H2,1H3,(H,16,17)(H,18,22). The Morgan fingerprint density at radius 3 is 3.09 bits per heavy atom. The smallest absolute Gasteiger partial charge is 0.317 e. The molecule has 0 saturated carbocycles. The quantitative estimate of drug-likeness (QED) is 0.851. The molecule has 8 nitrogen and oxygen atoms in total. The molecule has 1 saturated heterocycles. The Kier molecular flexibility index (Phi) is 4.38. The lowest BCUT2D eigenvalue weighted by molar-refractivity contribution is 0.106. The largest absolute Gasteiger partial charge is 0.347 e. The third-order valence-electron chi connectivity index (χ3n) is 3.98. The molecule has 1 aliphatic heterocycles. The fourth-order valence-corrected chi connectivity index (χ4v) is 2.64. The van der Waals surface area contributed by atoms with Crippen LogP contribution in [0.2, 0.25) is 0 Å². The summed E-state index contributed by atoms with van der Waals surface area (Å²) in [5, 5.41) is 2.96. The first kappa shape index (κ1) is 14.6. The van der Waals surface area contributed by atoms with Crippen LogP contribution >= 0.6 is 0 Å². The van der Waals surface area contributed by atoms with E-state index in [1.165, 1.54) is 0 Å². The van der Waals surface area contributed by atoms with Gasteiger partial charge in [0.05, 0.1) is 12.4 Å². The predicted octanol–water partition coefficient (Wildman–Crippen LogP) is 0.305. The van der Waals surface area contributed by atoms with Crippen molar-refractivity contribution < 1.29 is 4.79 Å². The van der Waals surface area contributed by atoms with E-state index in [0.29, 0.717) is 13.1 Å². The summed E-state index contributed by atoms with van der Waals surface area (Å²) in [6.07, 6.45) is 8.92. The number of H-pyrrole nitrogens is 1. The highest BCUT2D eigenvalue weighted by molar-refractivity contribution is 5.74. The molecular weight excluding hydrogens is 282 g/mol. The molecular formula is C14H21N7O. The van der Waals surface area contributed by atoms with E-state index in [1.807, 2.05) is 21.9 Å². The van der Waals surface area contributed by atoms with Gasteiger partial charge >= 0.3 is 6.03 Å². The SMILES string of the molecule is CN1CCN(C(=O)NCCn2ccnc2)CC1c1ncc[nH]1. The van der Waals surface area contributed by atoms with Crippen molar-refractivity contribution in [1.82, 2.24) is 34.6 Å². The molecule has 0 bridgehead atoms. The molecule has 1 atom stereocenters. The molecule has 1 unspecified atom stereocenters. The van der Waals surface area contributed by atoms with Gasteiger partial charge in [-0.2, -0.15) is 0 Å². The Hall–Kier alpha value is -2.35. The third-order valence-corrected chi connectivity index (χ3v) is 3.98. The van der Waals surface area contributed by atoms with E-state index in [1.54, 1.807) is 18.7 Å². The molecule has 8 heteroatoms. The van der Waals surface area contributed by atoms with Crippen molar-refractivity contribution in [2.75, 3.05) is 33.2 Å². The van der Waals surface area contributed by atoms with Crippen molar-refractivity contribution in [2.24, 2.45) is 0 Å². The Bertz CT molecular complexity index is 580. The van der Waals surface area contributed by atoms with Crippen molar-refractivity contribution in [3.8, 4) is 0 Å². The third kappa shape index (κ3) is 3.28. The second-order valence-electron chi connectivity index (χ2n) is 5.45. The lowest BCUT2D eigenvalue weighted by atomic mass is 10.1. The first-order chi connectivity index (χ1) is 10.7. The zero-order valence-electron chi connectivity index (χ0n) is 12.6. The minimum Gasteiger partial charge on any atom is -0.347 e. The molecule has 1 fully saturated rings. The van der Waals surface area contributed by atoms with E-state index in [2.05, 4.69) is 32.2 Å². The van der Waals surface area contributed by atoms with Gasteiger partial charge in [-0.05, 0) is 7.05 Å². The van der Waals surface area contributed by atoms with Crippen molar-refractivity contribution in [3.63, 3.8) is 0 Å². The predicted molar refractivity (Wildman–Crippen MR) is 81.2 cm³/mol. The summed E-state index contributed by atoms with van der Waals surface area (Å²) in [5.41, 5.74) is 0. The van der Waals surface area contributed by atoms with Crippen LogP contribution < -0.4 is 5.32 Å². The zero-order chi connectivity index (χ0) is 15.4. The number of rotatable bonds is 4. The highest BCUT2D eigenvalue weighted by Gasteiger charge is 2.29. The minimum absolute atomic E-state index is 0.0234. The van der Waals surface area contributed by atoms with Gasteiger partial charge in [-0.15, -0.1) is 0 Å². The summed E-state index contributed by atoms with van der Waals surface area (Å²) in [7, 11) is 2.06. The lowest BCUT2D eigenvalue weighted by Crippen LogP contribution is -2.52. The number of nitrogens with one attached hydrogen (secondary N) is 2. The number of carbonyl (C=O) groups excluding carboxylic acids is 1. The van der Waals surface area contributed by atoms with Gasteiger partial charge in [-0.3, -0.25) is 4.90 Å². The molecule has 22 heavy (non-hydrogen) atoms. The zero-order valence-corrected chi connectivity index (χ0v) is 12.6. The van der Waals surface area contributed by atoms with Crippen LogP contribution in [0.1, 0.15) is 11.9 Å². The number of hydrogen-bond acceptors (Lipinski definition) is 4. The van der Waals surface area contributed by atoms with Gasteiger partial charge in [0, 0.05) is 57.5 Å². The number of hydrogen-bond donors (Lipinski definition) is 2. The maximum Gasteiger partial charge on any atom is 0.317 e. The fourth-order valence-electron chi connectivity index (χ4n) is 2.64. The average Bonchev–Trinajstić information content (AvgIpc) is 3.21. The van der Waals surface area contributed by atoms with E-state index in [-0.39, 0.29) is 12.1 Å². The number of likely N-dealkylation sites (N-methyl/N-ethyl adjacent to an activating group) is 1. The van der Waals surface area contributed by atoms with Crippen LogP contribution in [0.3, 0.4) is 0 Å². The number of imidazole rings is 2. The Labute approximate surface area is 129 Å². The average molecular weight is 303 g/mol. The fraction of sp³-hybridized carbons (Fsp3) is 0.500.